The molecule has 35 heavy (non-hydrogen) atoms. The number of aryl methyl sites for hydroxylation is 1. The summed E-state index contributed by atoms with van der Waals surface area (Å²) in [5.74, 6) is -4.75. The highest BCUT2D eigenvalue weighted by Crippen LogP contribution is 2.49. The zero-order valence-electron chi connectivity index (χ0n) is 19.3. The molecule has 0 amide bonds. The molecule has 1 fully saturated rings. The van der Waals surface area contributed by atoms with Crippen molar-refractivity contribution in [3.8, 4) is 11.3 Å². The average molecular weight is 500 g/mol. The predicted molar refractivity (Wildman–Crippen MR) is 128 cm³/mol. The minimum atomic E-state index is -3.63. The van der Waals surface area contributed by atoms with Crippen molar-refractivity contribution in [2.45, 2.75) is 37.0 Å². The van der Waals surface area contributed by atoms with Gasteiger partial charge < -0.3 is 9.88 Å². The molecule has 1 aromatic carbocycles. The summed E-state index contributed by atoms with van der Waals surface area (Å²) in [6.07, 6.45) is 4.35. The van der Waals surface area contributed by atoms with Crippen molar-refractivity contribution in [3.63, 3.8) is 0 Å². The molecule has 1 saturated carbocycles. The molecular formula is C24H23F2N5O3S. The third-order valence-electron chi connectivity index (χ3n) is 6.06. The smallest absolute Gasteiger partial charge is 0.258 e. The Morgan fingerprint density at radius 2 is 2.00 bits per heavy atom. The number of aromatic nitrogens is 3. The lowest BCUT2D eigenvalue weighted by Crippen LogP contribution is -2.12. The molecule has 2 aromatic heterocycles. The van der Waals surface area contributed by atoms with Crippen molar-refractivity contribution < 1.29 is 22.0 Å². The lowest BCUT2D eigenvalue weighted by molar-refractivity contribution is -0.121. The zero-order valence-corrected chi connectivity index (χ0v) is 20.2. The maximum absolute atomic E-state index is 13.4. The molecule has 1 aliphatic heterocycles. The lowest BCUT2D eigenvalue weighted by atomic mass is 10.1. The molecule has 2 aliphatic rings. The summed E-state index contributed by atoms with van der Waals surface area (Å²) in [5, 5.41) is 3.15. The van der Waals surface area contributed by atoms with Crippen molar-refractivity contribution in [2.24, 2.45) is 18.0 Å². The fraction of sp³-hybridized carbons (Fsp3) is 0.333. The molecular weight excluding hydrogens is 476 g/mol. The van der Waals surface area contributed by atoms with Gasteiger partial charge in [0.05, 0.1) is 45.6 Å². The first-order chi connectivity index (χ1) is 16.4. The van der Waals surface area contributed by atoms with Gasteiger partial charge in [-0.15, -0.1) is 0 Å². The maximum atomic E-state index is 13.4. The van der Waals surface area contributed by atoms with E-state index in [1.165, 1.54) is 0 Å². The van der Waals surface area contributed by atoms with Crippen LogP contribution in [0.5, 0.6) is 0 Å². The highest BCUT2D eigenvalue weighted by molar-refractivity contribution is 7.90. The molecule has 0 spiro atoms. The van der Waals surface area contributed by atoms with Crippen LogP contribution in [-0.4, -0.2) is 46.6 Å². The number of nitrogens with one attached hydrogen (secondary N) is 1. The largest absolute Gasteiger partial charge is 0.353 e. The van der Waals surface area contributed by atoms with E-state index in [0.29, 0.717) is 46.1 Å². The topological polar surface area (TPSA) is 106 Å². The zero-order chi connectivity index (χ0) is 25.1. The van der Waals surface area contributed by atoms with Crippen molar-refractivity contribution in [3.05, 3.63) is 48.2 Å². The number of Topliss-reactive ketones (excluding diaryl/α,β-unsaturated/α-hetero) is 1. The Labute approximate surface area is 201 Å². The number of rotatable bonds is 7. The summed E-state index contributed by atoms with van der Waals surface area (Å²) in [7, 11) is -1.81. The van der Waals surface area contributed by atoms with Gasteiger partial charge in [-0.1, -0.05) is 6.07 Å². The van der Waals surface area contributed by atoms with Crippen LogP contribution in [0.1, 0.15) is 24.7 Å². The Morgan fingerprint density at radius 3 is 2.63 bits per heavy atom. The summed E-state index contributed by atoms with van der Waals surface area (Å²) >= 11 is 0. The molecule has 8 nitrogen and oxygen atoms in total. The Kier molecular flexibility index (Phi) is 5.35. The van der Waals surface area contributed by atoms with E-state index >= 15 is 0 Å². The molecule has 0 radical (unpaired) electrons. The van der Waals surface area contributed by atoms with Crippen LogP contribution < -0.4 is 5.32 Å². The molecule has 1 aliphatic carbocycles. The van der Waals surface area contributed by atoms with Crippen LogP contribution in [0.3, 0.4) is 0 Å². The summed E-state index contributed by atoms with van der Waals surface area (Å²) < 4.78 is 53.8. The van der Waals surface area contributed by atoms with Crippen LogP contribution in [0.4, 0.5) is 25.8 Å². The standard InChI is InChI=1S/C24H23F2N5O3S/c1-13-6-18-23(28-13)19(8-15(29-18)9-21(32)16-10-24(16,25)26)30-17-5-4-14(7-22(17)35(3,33)34)20-11-31(2)12-27-20/h4-5,7-8,11-12,16H,6,9-10H2,1-3H3,(H,29,30)/t16-/m0/s1. The van der Waals surface area contributed by atoms with Gasteiger partial charge in [0.2, 0.25) is 0 Å². The number of aliphatic imine (C=N–C) groups is 1. The highest BCUT2D eigenvalue weighted by atomic mass is 32.2. The van der Waals surface area contributed by atoms with Gasteiger partial charge in [-0.3, -0.25) is 14.8 Å². The van der Waals surface area contributed by atoms with Gasteiger partial charge in [0, 0.05) is 50.0 Å². The summed E-state index contributed by atoms with van der Waals surface area (Å²) in [6, 6.07) is 6.54. The van der Waals surface area contributed by atoms with E-state index in [1.54, 1.807) is 41.4 Å². The number of hydrogen-bond donors (Lipinski definition) is 1. The first kappa shape index (κ1) is 23.3. The molecule has 1 atom stereocenters. The molecule has 182 valence electrons. The number of imidazole rings is 1. The monoisotopic (exact) mass is 499 g/mol. The van der Waals surface area contributed by atoms with Gasteiger partial charge in [0.25, 0.3) is 5.92 Å². The van der Waals surface area contributed by atoms with Crippen molar-refractivity contribution in [2.75, 3.05) is 11.6 Å². The maximum Gasteiger partial charge on any atom is 0.258 e. The van der Waals surface area contributed by atoms with Crippen LogP contribution in [0.2, 0.25) is 0 Å². The number of halogens is 2. The SMILES string of the molecule is CC1=Nc2c(Nc3ccc(-c4cn(C)cn4)cc3S(C)(=O)=O)cc(CC(=O)[C@@H]3CC3(F)F)nc2C1. The van der Waals surface area contributed by atoms with Crippen LogP contribution in [0.25, 0.3) is 11.3 Å². The van der Waals surface area contributed by atoms with Crippen LogP contribution in [-0.2, 0) is 34.5 Å². The minimum Gasteiger partial charge on any atom is -0.353 e. The third kappa shape index (κ3) is 4.60. The number of fused-ring (bicyclic) bond motifs is 1. The van der Waals surface area contributed by atoms with E-state index in [0.717, 1.165) is 12.0 Å². The minimum absolute atomic E-state index is 0.0696. The van der Waals surface area contributed by atoms with Gasteiger partial charge in [-0.2, -0.15) is 0 Å². The van der Waals surface area contributed by atoms with Crippen molar-refractivity contribution in [1.82, 2.24) is 14.5 Å². The summed E-state index contributed by atoms with van der Waals surface area (Å²) in [6.45, 7) is 1.84. The number of pyridine rings is 1. The number of sulfone groups is 1. The van der Waals surface area contributed by atoms with Gasteiger partial charge in [-0.25, -0.2) is 22.2 Å². The second kappa shape index (κ2) is 8.04. The number of anilines is 2. The van der Waals surface area contributed by atoms with Crippen LogP contribution >= 0.6 is 0 Å². The first-order valence-corrected chi connectivity index (χ1v) is 12.9. The fourth-order valence-electron chi connectivity index (χ4n) is 4.22. The Hall–Kier alpha value is -3.47. The number of hydrogen-bond acceptors (Lipinski definition) is 7. The number of alkyl halides is 2. The van der Waals surface area contributed by atoms with Crippen molar-refractivity contribution in [1.29, 1.82) is 0 Å². The van der Waals surface area contributed by atoms with Gasteiger partial charge in [-0.05, 0) is 25.1 Å². The number of benzene rings is 1. The number of ketones is 1. The third-order valence-corrected chi connectivity index (χ3v) is 7.20. The number of nitrogens with zero attached hydrogens (tertiary/aromatic N) is 4. The fourth-order valence-corrected chi connectivity index (χ4v) is 5.08. The molecule has 11 heteroatoms. The van der Waals surface area contributed by atoms with Crippen LogP contribution in [0.15, 0.2) is 46.7 Å². The molecule has 5 rings (SSSR count). The van der Waals surface area contributed by atoms with Gasteiger partial charge in [0.15, 0.2) is 9.84 Å². The molecule has 0 bridgehead atoms. The Morgan fingerprint density at radius 1 is 1.26 bits per heavy atom. The number of carbonyl (C=O) groups is 1. The van der Waals surface area contributed by atoms with Gasteiger partial charge >= 0.3 is 0 Å². The summed E-state index contributed by atoms with van der Waals surface area (Å²) in [4.78, 5) is 25.7. The second-order valence-corrected chi connectivity index (χ2v) is 11.2. The first-order valence-electron chi connectivity index (χ1n) is 11.0. The molecule has 1 N–H and O–H groups in total. The van der Waals surface area contributed by atoms with Crippen LogP contribution in [0, 0.1) is 5.92 Å². The average Bonchev–Trinajstić information content (AvgIpc) is 3.06. The Bertz CT molecular complexity index is 1510. The molecule has 0 saturated heterocycles. The van der Waals surface area contributed by atoms with E-state index in [1.807, 2.05) is 14.0 Å². The molecule has 3 heterocycles. The molecule has 3 aromatic rings. The van der Waals surface area contributed by atoms with E-state index in [4.69, 9.17) is 0 Å². The van der Waals surface area contributed by atoms with E-state index in [-0.39, 0.29) is 11.3 Å². The van der Waals surface area contributed by atoms with Crippen molar-refractivity contribution >= 4 is 38.4 Å². The highest BCUT2D eigenvalue weighted by Gasteiger charge is 2.60. The lowest BCUT2D eigenvalue weighted by Gasteiger charge is -2.15. The molecule has 0 unspecified atom stereocenters. The Balaban J connectivity index is 1.52. The van der Waals surface area contributed by atoms with E-state index in [9.17, 15) is 22.0 Å². The quantitative estimate of drug-likeness (QED) is 0.526. The van der Waals surface area contributed by atoms with Gasteiger partial charge in [0.1, 0.15) is 11.5 Å². The normalized spacial score (nSPS) is 18.2. The number of carbonyl (C=O) groups excluding carboxylic acids is 1. The van der Waals surface area contributed by atoms with E-state index < -0.39 is 33.9 Å². The summed E-state index contributed by atoms with van der Waals surface area (Å²) in [5.41, 5.74) is 4.37. The predicted octanol–water partition coefficient (Wildman–Crippen LogP) is 4.04. The van der Waals surface area contributed by atoms with E-state index in [2.05, 4.69) is 20.3 Å². The second-order valence-electron chi connectivity index (χ2n) is 9.17.